The minimum Gasteiger partial charge on any atom is -0.384 e. The zero-order chi connectivity index (χ0) is 16.2. The van der Waals surface area contributed by atoms with Crippen LogP contribution in [0, 0.1) is 5.92 Å². The topological polar surface area (TPSA) is 84.5 Å². The van der Waals surface area contributed by atoms with Crippen LogP contribution in [0.15, 0.2) is 29.2 Å². The summed E-state index contributed by atoms with van der Waals surface area (Å²) in [5, 5.41) is 2.94. The van der Waals surface area contributed by atoms with Gasteiger partial charge in [-0.1, -0.05) is 13.0 Å². The van der Waals surface area contributed by atoms with Gasteiger partial charge in [0.05, 0.1) is 11.5 Å². The Morgan fingerprint density at radius 2 is 2.14 bits per heavy atom. The van der Waals surface area contributed by atoms with Gasteiger partial charge < -0.3 is 10.1 Å². The fraction of sp³-hybridized carbons (Fsp3) is 0.533. The summed E-state index contributed by atoms with van der Waals surface area (Å²) in [5.74, 6) is 0.0852. The molecule has 1 amide bonds. The van der Waals surface area contributed by atoms with E-state index in [4.69, 9.17) is 4.74 Å². The van der Waals surface area contributed by atoms with Crippen LogP contribution >= 0.6 is 0 Å². The van der Waals surface area contributed by atoms with Gasteiger partial charge in [-0.2, -0.15) is 0 Å². The smallest absolute Gasteiger partial charge is 0.251 e. The summed E-state index contributed by atoms with van der Waals surface area (Å²) in [6, 6.07) is 6.17. The molecule has 1 aromatic rings. The fourth-order valence-electron chi connectivity index (χ4n) is 2.50. The Morgan fingerprint density at radius 3 is 2.73 bits per heavy atom. The van der Waals surface area contributed by atoms with Crippen molar-refractivity contribution in [3.05, 3.63) is 29.8 Å². The molecule has 0 radical (unpaired) electrons. The quantitative estimate of drug-likeness (QED) is 0.787. The Bertz CT molecular complexity index is 630. The fourth-order valence-corrected chi connectivity index (χ4v) is 3.59. The minimum atomic E-state index is -3.56. The Balaban J connectivity index is 2.08. The lowest BCUT2D eigenvalue weighted by Crippen LogP contribution is -2.48. The second-order valence-electron chi connectivity index (χ2n) is 5.40. The number of amides is 1. The maximum Gasteiger partial charge on any atom is 0.251 e. The van der Waals surface area contributed by atoms with E-state index in [1.165, 1.54) is 12.1 Å². The molecule has 7 heteroatoms. The van der Waals surface area contributed by atoms with Gasteiger partial charge in [-0.25, -0.2) is 13.1 Å². The number of hydrogen-bond acceptors (Lipinski definition) is 4. The molecule has 0 saturated heterocycles. The first kappa shape index (κ1) is 16.9. The third-order valence-electron chi connectivity index (χ3n) is 3.86. The number of rotatable bonds is 7. The lowest BCUT2D eigenvalue weighted by molar-refractivity contribution is 0.0670. The van der Waals surface area contributed by atoms with Crippen molar-refractivity contribution in [1.82, 2.24) is 10.0 Å². The summed E-state index contributed by atoms with van der Waals surface area (Å²) in [7, 11) is -1.91. The van der Waals surface area contributed by atoms with Gasteiger partial charge in [0, 0.05) is 31.2 Å². The average Bonchev–Trinajstić information content (AvgIpc) is 2.49. The van der Waals surface area contributed by atoms with Crippen LogP contribution < -0.4 is 10.0 Å². The molecule has 1 aliphatic carbocycles. The Labute approximate surface area is 131 Å². The predicted octanol–water partition coefficient (Wildman–Crippen LogP) is 1.14. The highest BCUT2D eigenvalue weighted by Crippen LogP contribution is 2.27. The first-order chi connectivity index (χ1) is 10.5. The minimum absolute atomic E-state index is 0.0986. The van der Waals surface area contributed by atoms with Gasteiger partial charge in [0.2, 0.25) is 10.0 Å². The van der Waals surface area contributed by atoms with E-state index in [2.05, 4.69) is 10.0 Å². The van der Waals surface area contributed by atoms with E-state index in [0.29, 0.717) is 24.6 Å². The number of carbonyl (C=O) groups excluding carboxylic acids is 1. The number of sulfonamides is 1. The molecule has 2 N–H and O–H groups in total. The third-order valence-corrected chi connectivity index (χ3v) is 5.40. The molecule has 122 valence electrons. The highest BCUT2D eigenvalue weighted by molar-refractivity contribution is 7.89. The molecule has 2 atom stereocenters. The first-order valence-corrected chi connectivity index (χ1v) is 8.85. The second kappa shape index (κ2) is 7.21. The molecular weight excluding hydrogens is 304 g/mol. The maximum atomic E-state index is 12.3. The number of methoxy groups -OCH3 is 1. The van der Waals surface area contributed by atoms with Gasteiger partial charge in [-0.15, -0.1) is 0 Å². The zero-order valence-electron chi connectivity index (χ0n) is 12.8. The average molecular weight is 326 g/mol. The maximum absolute atomic E-state index is 12.3. The number of benzene rings is 1. The van der Waals surface area contributed by atoms with Gasteiger partial charge in [0.15, 0.2) is 0 Å². The van der Waals surface area contributed by atoms with Gasteiger partial charge in [-0.05, 0) is 31.0 Å². The molecule has 2 rings (SSSR count). The van der Waals surface area contributed by atoms with E-state index in [9.17, 15) is 13.2 Å². The van der Waals surface area contributed by atoms with Crippen LogP contribution in [0.2, 0.25) is 0 Å². The third kappa shape index (κ3) is 3.85. The Morgan fingerprint density at radius 1 is 1.36 bits per heavy atom. The summed E-state index contributed by atoms with van der Waals surface area (Å²) in [6.07, 6.45) is 1.96. The number of nitrogens with one attached hydrogen (secondary N) is 2. The number of ether oxygens (including phenoxy) is 1. The van der Waals surface area contributed by atoms with Crippen LogP contribution in [0.3, 0.4) is 0 Å². The van der Waals surface area contributed by atoms with Crippen molar-refractivity contribution in [1.29, 1.82) is 0 Å². The molecule has 1 aliphatic rings. The van der Waals surface area contributed by atoms with Crippen LogP contribution in [-0.4, -0.2) is 40.6 Å². The molecule has 0 unspecified atom stereocenters. The van der Waals surface area contributed by atoms with Crippen molar-refractivity contribution in [3.63, 3.8) is 0 Å². The van der Waals surface area contributed by atoms with Crippen molar-refractivity contribution in [2.45, 2.75) is 30.7 Å². The highest BCUT2D eigenvalue weighted by Gasteiger charge is 2.32. The van der Waals surface area contributed by atoms with Gasteiger partial charge >= 0.3 is 0 Å². The summed E-state index contributed by atoms with van der Waals surface area (Å²) in [5.41, 5.74) is 0.349. The largest absolute Gasteiger partial charge is 0.384 e. The monoisotopic (exact) mass is 326 g/mol. The van der Waals surface area contributed by atoms with Gasteiger partial charge in [-0.3, -0.25) is 4.79 Å². The van der Waals surface area contributed by atoms with Crippen LogP contribution in [0.4, 0.5) is 0 Å². The second-order valence-corrected chi connectivity index (χ2v) is 7.17. The van der Waals surface area contributed by atoms with Crippen LogP contribution in [0.1, 0.15) is 30.1 Å². The van der Waals surface area contributed by atoms with E-state index < -0.39 is 10.0 Å². The molecule has 6 nitrogen and oxygen atoms in total. The molecule has 0 heterocycles. The van der Waals surface area contributed by atoms with Crippen LogP contribution in [0.5, 0.6) is 0 Å². The molecular formula is C15H22N2O4S. The van der Waals surface area contributed by atoms with Crippen molar-refractivity contribution in [3.8, 4) is 0 Å². The van der Waals surface area contributed by atoms with E-state index in [1.807, 2.05) is 0 Å². The Hall–Kier alpha value is -1.44. The zero-order valence-corrected chi connectivity index (χ0v) is 13.7. The van der Waals surface area contributed by atoms with Gasteiger partial charge in [0.1, 0.15) is 0 Å². The highest BCUT2D eigenvalue weighted by atomic mass is 32.2. The van der Waals surface area contributed by atoms with Crippen molar-refractivity contribution in [2.24, 2.45) is 5.92 Å². The SMILES string of the molecule is CCNS(=O)(=O)c1cccc(C(=O)N[C@@H]2CC[C@@H]2COC)c1. The molecule has 1 saturated carbocycles. The molecule has 1 aromatic carbocycles. The standard InChI is InChI=1S/C15H22N2O4S/c1-3-16-22(19,20)13-6-4-5-11(9-13)15(18)17-14-8-7-12(14)10-21-2/h4-6,9,12,14,16H,3,7-8,10H2,1-2H3,(H,17,18)/t12-,14-/m1/s1. The molecule has 22 heavy (non-hydrogen) atoms. The van der Waals surface area contributed by atoms with Crippen molar-refractivity contribution >= 4 is 15.9 Å². The van der Waals surface area contributed by atoms with Crippen molar-refractivity contribution in [2.75, 3.05) is 20.3 Å². The lowest BCUT2D eigenvalue weighted by Gasteiger charge is -2.36. The van der Waals surface area contributed by atoms with Crippen molar-refractivity contribution < 1.29 is 17.9 Å². The molecule has 0 spiro atoms. The van der Waals surface area contributed by atoms with Crippen LogP contribution in [0.25, 0.3) is 0 Å². The molecule has 0 aliphatic heterocycles. The first-order valence-electron chi connectivity index (χ1n) is 7.37. The normalized spacial score (nSPS) is 21.2. The number of carbonyl (C=O) groups is 1. The van der Waals surface area contributed by atoms with E-state index in [-0.39, 0.29) is 16.8 Å². The summed E-state index contributed by atoms with van der Waals surface area (Å²) in [4.78, 5) is 12.4. The van der Waals surface area contributed by atoms with Crippen LogP contribution in [-0.2, 0) is 14.8 Å². The summed E-state index contributed by atoms with van der Waals surface area (Å²) in [6.45, 7) is 2.64. The summed E-state index contributed by atoms with van der Waals surface area (Å²) >= 11 is 0. The summed E-state index contributed by atoms with van der Waals surface area (Å²) < 4.78 is 31.5. The van der Waals surface area contributed by atoms with E-state index in [1.54, 1.807) is 26.2 Å². The predicted molar refractivity (Wildman–Crippen MR) is 83.2 cm³/mol. The molecule has 0 aromatic heterocycles. The van der Waals surface area contributed by atoms with Gasteiger partial charge in [0.25, 0.3) is 5.91 Å². The lowest BCUT2D eigenvalue weighted by atomic mass is 9.80. The molecule has 1 fully saturated rings. The van der Waals surface area contributed by atoms with E-state index in [0.717, 1.165) is 12.8 Å². The molecule has 0 bridgehead atoms. The van der Waals surface area contributed by atoms with E-state index >= 15 is 0 Å². The number of hydrogen-bond donors (Lipinski definition) is 2. The Kier molecular flexibility index (Phi) is 5.55.